The van der Waals surface area contributed by atoms with E-state index in [0.717, 1.165) is 0 Å². The van der Waals surface area contributed by atoms with Crippen molar-refractivity contribution < 1.29 is 27.3 Å². The minimum atomic E-state index is -4.91. The van der Waals surface area contributed by atoms with E-state index in [2.05, 4.69) is 0 Å². The molecule has 2 aromatic rings. The number of benzene rings is 1. The summed E-state index contributed by atoms with van der Waals surface area (Å²) < 4.78 is 36.3. The third-order valence-corrected chi connectivity index (χ3v) is 3.51. The van der Waals surface area contributed by atoms with Crippen molar-refractivity contribution >= 4 is 62.3 Å². The molecule has 0 saturated heterocycles. The van der Waals surface area contributed by atoms with Gasteiger partial charge in [0.25, 0.3) is 0 Å². The van der Waals surface area contributed by atoms with E-state index in [9.17, 15) is 18.0 Å². The molecule has 1 aromatic carbocycles. The molecule has 0 amide bonds. The maximum absolute atomic E-state index is 11.7. The number of nitrogens with two attached hydrogens (primary N) is 1. The minimum absolute atomic E-state index is 0. The fourth-order valence-electron chi connectivity index (χ4n) is 1.85. The van der Waals surface area contributed by atoms with Crippen molar-refractivity contribution in [1.29, 1.82) is 0 Å². The van der Waals surface area contributed by atoms with E-state index in [1.165, 1.54) is 18.2 Å². The van der Waals surface area contributed by atoms with Gasteiger partial charge < -0.3 is 15.3 Å². The molecule has 0 radical (unpaired) electrons. The molecule has 0 aliphatic carbocycles. The van der Waals surface area contributed by atoms with Gasteiger partial charge in [0.15, 0.2) is 4.90 Å². The summed E-state index contributed by atoms with van der Waals surface area (Å²) in [7, 11) is -4.91. The molecule has 2 rings (SSSR count). The van der Waals surface area contributed by atoms with Crippen molar-refractivity contribution in [2.24, 2.45) is 0 Å². The fraction of sp³-hybridized carbons (Fsp3) is 0.0909. The topological polar surface area (TPSA) is 148 Å². The first-order valence-corrected chi connectivity index (χ1v) is 6.68. The Morgan fingerprint density at radius 3 is 2.48 bits per heavy atom. The number of hydrogen-bond acceptors (Lipinski definition) is 6. The number of nitrogen functional groups attached to an aromatic ring is 1. The van der Waals surface area contributed by atoms with Gasteiger partial charge in [-0.15, -0.1) is 0 Å². The number of hydrogen-bond donors (Lipinski definition) is 3. The molecule has 21 heavy (non-hydrogen) atoms. The molecular weight excluding hydrogens is 313 g/mol. The summed E-state index contributed by atoms with van der Waals surface area (Å²) in [4.78, 5) is 21.4. The molecule has 108 valence electrons. The van der Waals surface area contributed by atoms with Crippen molar-refractivity contribution in [2.45, 2.75) is 11.3 Å². The third kappa shape index (κ3) is 3.63. The summed E-state index contributed by atoms with van der Waals surface area (Å²) in [6.07, 6.45) is -0.763. The first kappa shape index (κ1) is 17.7. The summed E-state index contributed by atoms with van der Waals surface area (Å²) in [6.45, 7) is 0. The van der Waals surface area contributed by atoms with Crippen molar-refractivity contribution in [2.75, 3.05) is 5.73 Å². The summed E-state index contributed by atoms with van der Waals surface area (Å²) in [5.41, 5.74) is 4.01. The summed E-state index contributed by atoms with van der Waals surface area (Å²) in [5, 5.41) is 8.91. The van der Waals surface area contributed by atoms with E-state index in [0.29, 0.717) is 0 Å². The Kier molecular flexibility index (Phi) is 5.18. The molecule has 0 bridgehead atoms. The Morgan fingerprint density at radius 2 is 1.95 bits per heavy atom. The van der Waals surface area contributed by atoms with Crippen LogP contribution < -0.4 is 11.4 Å². The van der Waals surface area contributed by atoms with Crippen LogP contribution in [0.4, 0.5) is 5.69 Å². The van der Waals surface area contributed by atoms with Crippen LogP contribution in [0.2, 0.25) is 0 Å². The number of fused-ring (bicyclic) bond motifs is 1. The molecule has 10 heteroatoms. The van der Waals surface area contributed by atoms with E-state index in [1.54, 1.807) is 0 Å². The van der Waals surface area contributed by atoms with E-state index >= 15 is 0 Å². The van der Waals surface area contributed by atoms with Gasteiger partial charge in [-0.3, -0.25) is 9.35 Å². The maximum atomic E-state index is 11.7. The van der Waals surface area contributed by atoms with Crippen molar-refractivity contribution in [3.8, 4) is 0 Å². The van der Waals surface area contributed by atoms with Gasteiger partial charge in [-0.25, -0.2) is 4.79 Å². The van der Waals surface area contributed by atoms with Crippen LogP contribution in [0, 0.1) is 0 Å². The van der Waals surface area contributed by atoms with Crippen LogP contribution in [0.25, 0.3) is 11.0 Å². The van der Waals surface area contributed by atoms with Crippen molar-refractivity contribution in [3.05, 3.63) is 34.2 Å². The van der Waals surface area contributed by atoms with Gasteiger partial charge in [0.05, 0.1) is 6.42 Å². The van der Waals surface area contributed by atoms with Crippen LogP contribution in [-0.4, -0.2) is 53.6 Å². The molecular formula is C11H10NNaO7S. The van der Waals surface area contributed by atoms with Gasteiger partial charge in [-0.1, -0.05) is 0 Å². The monoisotopic (exact) mass is 323 g/mol. The van der Waals surface area contributed by atoms with Gasteiger partial charge in [-0.05, 0) is 12.1 Å². The van der Waals surface area contributed by atoms with Gasteiger partial charge in [0, 0.05) is 22.7 Å². The van der Waals surface area contributed by atoms with Gasteiger partial charge in [0.1, 0.15) is 5.58 Å². The van der Waals surface area contributed by atoms with Crippen LogP contribution in [0.15, 0.2) is 32.3 Å². The Bertz CT molecular complexity index is 872. The van der Waals surface area contributed by atoms with Gasteiger partial charge in [0.2, 0.25) is 0 Å². The average molecular weight is 323 g/mol. The molecule has 4 N–H and O–H groups in total. The fourth-order valence-corrected chi connectivity index (χ4v) is 2.60. The molecule has 0 spiro atoms. The summed E-state index contributed by atoms with van der Waals surface area (Å²) >= 11 is 0. The molecule has 0 aliphatic heterocycles. The zero-order valence-electron chi connectivity index (χ0n) is 9.86. The van der Waals surface area contributed by atoms with Crippen LogP contribution in [0.5, 0.6) is 0 Å². The second kappa shape index (κ2) is 6.16. The molecule has 0 unspecified atom stereocenters. The first-order valence-electron chi connectivity index (χ1n) is 5.24. The van der Waals surface area contributed by atoms with E-state index < -0.39 is 33.0 Å². The number of carbonyl (C=O) groups is 1. The Hall–Kier alpha value is -1.39. The molecule has 0 saturated carbocycles. The van der Waals surface area contributed by atoms with Crippen molar-refractivity contribution in [3.63, 3.8) is 0 Å². The van der Waals surface area contributed by atoms with Gasteiger partial charge in [-0.2, -0.15) is 8.42 Å². The Balaban J connectivity index is 0.00000220. The van der Waals surface area contributed by atoms with Crippen LogP contribution in [-0.2, 0) is 21.3 Å². The molecule has 8 nitrogen and oxygen atoms in total. The van der Waals surface area contributed by atoms with Crippen molar-refractivity contribution in [1.82, 2.24) is 0 Å². The molecule has 0 atom stereocenters. The average Bonchev–Trinajstić information content (AvgIpc) is 2.25. The third-order valence-electron chi connectivity index (χ3n) is 2.58. The predicted octanol–water partition coefficient (Wildman–Crippen LogP) is -0.399. The quantitative estimate of drug-likeness (QED) is 0.299. The van der Waals surface area contributed by atoms with E-state index in [4.69, 9.17) is 19.8 Å². The van der Waals surface area contributed by atoms with Crippen LogP contribution in [0.1, 0.15) is 5.56 Å². The second-order valence-corrected chi connectivity index (χ2v) is 5.36. The second-order valence-electron chi connectivity index (χ2n) is 4.00. The molecule has 0 aliphatic rings. The summed E-state index contributed by atoms with van der Waals surface area (Å²) in [6, 6.07) is 3.97. The zero-order valence-corrected chi connectivity index (χ0v) is 10.7. The number of aliphatic carboxylic acids is 1. The predicted molar refractivity (Wildman–Crippen MR) is 75.2 cm³/mol. The number of carboxylic acid groups (broad SMARTS) is 1. The summed E-state index contributed by atoms with van der Waals surface area (Å²) in [5.74, 6) is -1.36. The standard InChI is InChI=1S/C11H9NO7S.Na.H/c12-5-1-2-6-7(4-9(13)14)10(20(16,17)18)11(15)19-8(6)3-5;;/h1-3H,4,12H2,(H,13,14)(H,16,17,18);;. The molecule has 1 aromatic heterocycles. The number of anilines is 1. The zero-order chi connectivity index (χ0) is 15.1. The van der Waals surface area contributed by atoms with Crippen LogP contribution in [0.3, 0.4) is 0 Å². The normalized spacial score (nSPS) is 11.1. The molecule has 1 heterocycles. The Morgan fingerprint density at radius 1 is 1.33 bits per heavy atom. The number of carboxylic acids is 1. The SMILES string of the molecule is Nc1ccc2c(CC(=O)O)c(S(=O)(=O)O)c(=O)oc2c1.[NaH]. The van der Waals surface area contributed by atoms with Crippen LogP contribution >= 0.6 is 0 Å². The number of rotatable bonds is 3. The Labute approximate surface area is 140 Å². The van der Waals surface area contributed by atoms with E-state index in [1.807, 2.05) is 0 Å². The van der Waals surface area contributed by atoms with Gasteiger partial charge >= 0.3 is 51.3 Å². The first-order chi connectivity index (χ1) is 9.20. The molecule has 0 fully saturated rings. The van der Waals surface area contributed by atoms with E-state index in [-0.39, 0.29) is 51.8 Å².